The lowest BCUT2D eigenvalue weighted by atomic mass is 9.33. The van der Waals surface area contributed by atoms with Gasteiger partial charge in [0.1, 0.15) is 0 Å². The molecular formula is C94H63BN4. The van der Waals surface area contributed by atoms with E-state index in [2.05, 4.69) is 140 Å². The van der Waals surface area contributed by atoms with Gasteiger partial charge in [-0.3, -0.25) is 0 Å². The lowest BCUT2D eigenvalue weighted by Crippen LogP contribution is -2.61. The molecule has 0 bridgehead atoms. The van der Waals surface area contributed by atoms with Crippen molar-refractivity contribution in [3.8, 4) is 22.3 Å². The van der Waals surface area contributed by atoms with E-state index in [1.165, 1.54) is 0 Å². The Balaban J connectivity index is 1.07. The van der Waals surface area contributed by atoms with Gasteiger partial charge < -0.3 is 18.6 Å². The highest BCUT2D eigenvalue weighted by atomic mass is 15.2. The van der Waals surface area contributed by atoms with Crippen LogP contribution in [-0.2, 0) is 5.41 Å². The molecule has 2 aliphatic rings. The number of rotatable bonds is 4. The highest BCUT2D eigenvalue weighted by Gasteiger charge is 2.46. The van der Waals surface area contributed by atoms with Crippen LogP contribution in [0.15, 0.2) is 327 Å². The summed E-state index contributed by atoms with van der Waals surface area (Å²) in [5, 5.41) is 7.83. The van der Waals surface area contributed by atoms with Crippen molar-refractivity contribution in [3.63, 3.8) is 0 Å². The van der Waals surface area contributed by atoms with Crippen LogP contribution in [0.25, 0.3) is 142 Å². The van der Waals surface area contributed by atoms with E-state index in [0.717, 1.165) is 99.3 Å². The molecule has 99 heavy (non-hydrogen) atoms. The fourth-order valence-corrected chi connectivity index (χ4v) is 16.7. The van der Waals surface area contributed by atoms with Crippen LogP contribution < -0.4 is 26.2 Å². The van der Waals surface area contributed by atoms with Gasteiger partial charge in [-0.2, -0.15) is 0 Å². The first-order valence-corrected chi connectivity index (χ1v) is 33.5. The van der Waals surface area contributed by atoms with E-state index in [9.17, 15) is 19.2 Å². The van der Waals surface area contributed by atoms with Gasteiger partial charge in [0.25, 0.3) is 6.71 Å². The lowest BCUT2D eigenvalue weighted by molar-refractivity contribution is 0.590. The van der Waals surface area contributed by atoms with Gasteiger partial charge in [0, 0.05) is 77.0 Å². The third-order valence-corrected chi connectivity index (χ3v) is 20.9. The molecule has 0 aliphatic carbocycles. The third-order valence-electron chi connectivity index (χ3n) is 20.9. The van der Waals surface area contributed by atoms with Gasteiger partial charge in [-0.05, 0) is 130 Å². The van der Waals surface area contributed by atoms with Crippen molar-refractivity contribution in [3.05, 3.63) is 333 Å². The summed E-state index contributed by atoms with van der Waals surface area (Å²) in [5.74, 6) is 0. The Hall–Kier alpha value is -12.4. The predicted octanol–water partition coefficient (Wildman–Crippen LogP) is 23.6. The number of aromatic nitrogens is 2. The molecule has 4 nitrogen and oxygen atoms in total. The number of anilines is 6. The predicted molar refractivity (Wildman–Crippen MR) is 425 cm³/mol. The highest BCUT2D eigenvalue weighted by Crippen LogP contribution is 2.52. The molecule has 0 spiro atoms. The molecule has 0 unspecified atom stereocenters. The van der Waals surface area contributed by atoms with E-state index in [4.69, 9.17) is 0 Å². The Morgan fingerprint density at radius 2 is 0.596 bits per heavy atom. The molecular weight excluding hydrogens is 1200 g/mol. The SMILES string of the molecule is [2H]c1c([2H])c([2H])c2c(c1[2H])c1c([2H])c([2H])c([2H])c3c4ccccc4c4ccccc4c4cc5c(cc4n2c31)N(c1ccccc1-c1ccccc1)c1cc(C(C)(C)C)cc2c1B5c1cc3c4ccccc4c4ccccc4c4c([2H])c([2H])c([2H])c5c6c([2H])c([2H])c([2H])c([2H])c6n(c3cc1N2c1ccccc1-c1ccccc1)c45. The van der Waals surface area contributed by atoms with Gasteiger partial charge >= 0.3 is 0 Å². The number of fused-ring (bicyclic) bond motifs is 24. The van der Waals surface area contributed by atoms with Gasteiger partial charge in [0.05, 0.1) is 63.7 Å². The van der Waals surface area contributed by atoms with Gasteiger partial charge in [-0.25, -0.2) is 0 Å². The average molecular weight is 1270 g/mol. The van der Waals surface area contributed by atoms with E-state index in [1.807, 2.05) is 142 Å². The highest BCUT2D eigenvalue weighted by molar-refractivity contribution is 7.00. The van der Waals surface area contributed by atoms with Crippen LogP contribution in [0.2, 0.25) is 0 Å². The molecule has 0 amide bonds. The number of hydrogen-bond donors (Lipinski definition) is 0. The molecule has 0 radical (unpaired) electrons. The first kappa shape index (κ1) is 43.6. The molecule has 21 rings (SSSR count). The van der Waals surface area contributed by atoms with E-state index in [1.54, 1.807) is 0 Å². The molecule has 0 N–H and O–H groups in total. The van der Waals surface area contributed by atoms with Crippen molar-refractivity contribution in [1.82, 2.24) is 8.80 Å². The number of nitrogens with zero attached hydrogens (tertiary/aromatic N) is 4. The lowest BCUT2D eigenvalue weighted by Gasteiger charge is -2.46. The van der Waals surface area contributed by atoms with E-state index in [0.29, 0.717) is 44.0 Å². The van der Waals surface area contributed by atoms with E-state index in [-0.39, 0.29) is 103 Å². The normalized spacial score (nSPS) is 14.9. The van der Waals surface area contributed by atoms with E-state index >= 15 is 0 Å². The molecule has 0 fully saturated rings. The molecule has 2 aliphatic heterocycles. The summed E-state index contributed by atoms with van der Waals surface area (Å²) in [6.45, 7) is 5.86. The van der Waals surface area contributed by atoms with Gasteiger partial charge in [-0.15, -0.1) is 0 Å². The summed E-state index contributed by atoms with van der Waals surface area (Å²) < 4.78 is 142. The van der Waals surface area contributed by atoms with Gasteiger partial charge in [-0.1, -0.05) is 300 Å². The summed E-state index contributed by atoms with van der Waals surface area (Å²) in [7, 11) is 0. The summed E-state index contributed by atoms with van der Waals surface area (Å²) in [5.41, 5.74) is 12.9. The Labute approximate surface area is 592 Å². The first-order valence-electron chi connectivity index (χ1n) is 40.5. The summed E-state index contributed by atoms with van der Waals surface area (Å²) >= 11 is 0. The Bertz CT molecular complexity index is 7250. The Morgan fingerprint density at radius 3 is 0.990 bits per heavy atom. The zero-order chi connectivity index (χ0) is 77.5. The second-order valence-corrected chi connectivity index (χ2v) is 27.2. The first-order chi connectivity index (χ1) is 54.6. The van der Waals surface area contributed by atoms with Crippen LogP contribution in [0.5, 0.6) is 0 Å². The minimum Gasteiger partial charge on any atom is -0.311 e. The minimum atomic E-state index is -0.748. The van der Waals surface area contributed by atoms with Crippen LogP contribution >= 0.6 is 0 Å². The van der Waals surface area contributed by atoms with E-state index < -0.39 is 48.4 Å². The summed E-state index contributed by atoms with van der Waals surface area (Å²) in [6, 6.07) is 76.9. The van der Waals surface area contributed by atoms with Crippen molar-refractivity contribution in [2.24, 2.45) is 0 Å². The molecule has 0 atom stereocenters. The third kappa shape index (κ3) is 7.98. The monoisotopic (exact) mass is 1270 g/mol. The zero-order valence-electron chi connectivity index (χ0n) is 68.0. The summed E-state index contributed by atoms with van der Waals surface area (Å²) in [6.07, 6.45) is 0. The van der Waals surface area contributed by atoms with Crippen LogP contribution in [0.1, 0.15) is 45.5 Å². The van der Waals surface area contributed by atoms with Crippen molar-refractivity contribution in [1.29, 1.82) is 0 Å². The molecule has 19 aromatic rings. The summed E-state index contributed by atoms with van der Waals surface area (Å²) in [4.78, 5) is 4.71. The standard InChI is InChI=1S/C94H63BN4/c1-94(2,3)60-52-89-91-90(53-60)97(82-49-23-19-33-62(82)59-30-8-5-9-31-59)88-57-86-78(70-41-17-13-37-66(70)64-35-11-15-39-68(64)74-45-27-47-76-72-43-21-25-51-84(72)99(86)93(74)76)55-80(88)95(91)79-54-77-69-40-16-12-36-65(69)63-34-10-14-38-67(63)73-44-26-46-75-71-42-20-24-50-83(71)98(92(73)75)85(77)56-87(79)96(89)81-48-22-18-32-61(81)58-28-6-4-7-29-58/h4-57H,1-3H3/i20D,21D,24D,25D,26D,27D,42D,43D,44D,45D,46D,47D,50D,51D. The fourth-order valence-electron chi connectivity index (χ4n) is 16.7. The number of para-hydroxylation sites is 6. The Kier molecular flexibility index (Phi) is 9.26. The van der Waals surface area contributed by atoms with Crippen molar-refractivity contribution in [2.45, 2.75) is 26.2 Å². The van der Waals surface area contributed by atoms with Crippen molar-refractivity contribution < 1.29 is 19.2 Å². The minimum absolute atomic E-state index is 0.0492. The van der Waals surface area contributed by atoms with Crippen LogP contribution in [0, 0.1) is 0 Å². The van der Waals surface area contributed by atoms with Gasteiger partial charge in [0.2, 0.25) is 0 Å². The molecule has 0 saturated heterocycles. The zero-order valence-corrected chi connectivity index (χ0v) is 54.0. The molecule has 15 aromatic carbocycles. The maximum atomic E-state index is 10.2. The molecule has 4 aromatic heterocycles. The molecule has 0 saturated carbocycles. The number of hydrogen-bond acceptors (Lipinski definition) is 2. The molecule has 462 valence electrons. The molecule has 6 heterocycles. The van der Waals surface area contributed by atoms with Gasteiger partial charge in [0.15, 0.2) is 0 Å². The van der Waals surface area contributed by atoms with Crippen LogP contribution in [-0.4, -0.2) is 15.5 Å². The van der Waals surface area contributed by atoms with Crippen LogP contribution in [0.3, 0.4) is 0 Å². The number of benzene rings is 15. The largest absolute Gasteiger partial charge is 0.311 e. The fraction of sp³-hybridized carbons (Fsp3) is 0.0426. The quantitative estimate of drug-likeness (QED) is 0.163. The van der Waals surface area contributed by atoms with Crippen molar-refractivity contribution >= 4 is 177 Å². The van der Waals surface area contributed by atoms with Crippen molar-refractivity contribution in [2.75, 3.05) is 9.80 Å². The topological polar surface area (TPSA) is 15.3 Å². The second-order valence-electron chi connectivity index (χ2n) is 27.2. The second kappa shape index (κ2) is 21.0. The van der Waals surface area contributed by atoms with Crippen LogP contribution in [0.4, 0.5) is 34.1 Å². The maximum Gasteiger partial charge on any atom is 0.252 e. The molecule has 5 heteroatoms. The maximum absolute atomic E-state index is 10.2. The smallest absolute Gasteiger partial charge is 0.252 e. The average Bonchev–Trinajstić information content (AvgIpc) is 0.882. The Morgan fingerprint density at radius 1 is 0.273 bits per heavy atom.